The molecule has 0 saturated carbocycles. The van der Waals surface area contributed by atoms with Crippen LogP contribution < -0.4 is 20.5 Å². The zero-order valence-corrected chi connectivity index (χ0v) is 12.0. The van der Waals surface area contributed by atoms with E-state index in [-0.39, 0.29) is 17.9 Å². The van der Waals surface area contributed by atoms with Gasteiger partial charge in [0, 0.05) is 30.6 Å². The lowest BCUT2D eigenvalue weighted by atomic mass is 10.0. The third-order valence-electron chi connectivity index (χ3n) is 3.31. The zero-order chi connectivity index (χ0) is 14.5. The SMILES string of the molecule is CC(C)C(N)CC(=O)Nc1ccc2c(c1)OCCCO2. The maximum absolute atomic E-state index is 11.9. The predicted molar refractivity (Wildman–Crippen MR) is 78.1 cm³/mol. The Morgan fingerprint density at radius 2 is 2.00 bits per heavy atom. The van der Waals surface area contributed by atoms with Gasteiger partial charge in [0.05, 0.1) is 13.2 Å². The quantitative estimate of drug-likeness (QED) is 0.885. The summed E-state index contributed by atoms with van der Waals surface area (Å²) < 4.78 is 11.1. The molecule has 0 spiro atoms. The van der Waals surface area contributed by atoms with Gasteiger partial charge in [-0.05, 0) is 18.1 Å². The summed E-state index contributed by atoms with van der Waals surface area (Å²) >= 11 is 0. The average Bonchev–Trinajstić information content (AvgIpc) is 2.63. The molecule has 2 rings (SSSR count). The first-order valence-corrected chi connectivity index (χ1v) is 7.01. The van der Waals surface area contributed by atoms with Crippen molar-refractivity contribution in [1.29, 1.82) is 0 Å². The summed E-state index contributed by atoms with van der Waals surface area (Å²) in [5, 5.41) is 2.84. The summed E-state index contributed by atoms with van der Waals surface area (Å²) in [4.78, 5) is 11.9. The van der Waals surface area contributed by atoms with Crippen LogP contribution in [0.2, 0.25) is 0 Å². The summed E-state index contributed by atoms with van der Waals surface area (Å²) in [5.41, 5.74) is 6.60. The number of nitrogens with one attached hydrogen (secondary N) is 1. The first kappa shape index (κ1) is 14.7. The van der Waals surface area contributed by atoms with Crippen LogP contribution in [0.15, 0.2) is 18.2 Å². The Balaban J connectivity index is 1.99. The van der Waals surface area contributed by atoms with Crippen molar-refractivity contribution in [3.8, 4) is 11.5 Å². The Morgan fingerprint density at radius 3 is 2.70 bits per heavy atom. The van der Waals surface area contributed by atoms with Crippen molar-refractivity contribution in [2.75, 3.05) is 18.5 Å². The topological polar surface area (TPSA) is 73.6 Å². The molecule has 1 aliphatic heterocycles. The van der Waals surface area contributed by atoms with E-state index in [1.807, 2.05) is 26.0 Å². The van der Waals surface area contributed by atoms with Gasteiger partial charge in [0.1, 0.15) is 0 Å². The fourth-order valence-corrected chi connectivity index (χ4v) is 1.90. The fourth-order valence-electron chi connectivity index (χ4n) is 1.90. The number of hydrogen-bond acceptors (Lipinski definition) is 4. The second-order valence-corrected chi connectivity index (χ2v) is 5.37. The molecule has 20 heavy (non-hydrogen) atoms. The van der Waals surface area contributed by atoms with E-state index in [4.69, 9.17) is 15.2 Å². The van der Waals surface area contributed by atoms with Gasteiger partial charge in [0.15, 0.2) is 11.5 Å². The van der Waals surface area contributed by atoms with Gasteiger partial charge < -0.3 is 20.5 Å². The molecule has 1 unspecified atom stereocenters. The molecule has 0 bridgehead atoms. The maximum atomic E-state index is 11.9. The van der Waals surface area contributed by atoms with Gasteiger partial charge in [0.2, 0.25) is 5.91 Å². The van der Waals surface area contributed by atoms with E-state index in [2.05, 4.69) is 5.32 Å². The number of amides is 1. The Morgan fingerprint density at radius 1 is 1.30 bits per heavy atom. The molecule has 5 heteroatoms. The van der Waals surface area contributed by atoms with Gasteiger partial charge in [-0.15, -0.1) is 0 Å². The summed E-state index contributed by atoms with van der Waals surface area (Å²) in [5.74, 6) is 1.60. The van der Waals surface area contributed by atoms with Gasteiger partial charge in [-0.2, -0.15) is 0 Å². The highest BCUT2D eigenvalue weighted by Gasteiger charge is 2.15. The molecule has 1 atom stereocenters. The Labute approximate surface area is 119 Å². The molecule has 0 radical (unpaired) electrons. The lowest BCUT2D eigenvalue weighted by molar-refractivity contribution is -0.116. The summed E-state index contributed by atoms with van der Waals surface area (Å²) in [6, 6.07) is 5.29. The highest BCUT2D eigenvalue weighted by Crippen LogP contribution is 2.32. The van der Waals surface area contributed by atoms with Crippen molar-refractivity contribution in [3.05, 3.63) is 18.2 Å². The Hall–Kier alpha value is -1.75. The predicted octanol–water partition coefficient (Wildman–Crippen LogP) is 2.16. The summed E-state index contributed by atoms with van der Waals surface area (Å²) in [7, 11) is 0. The van der Waals surface area contributed by atoms with Crippen molar-refractivity contribution < 1.29 is 14.3 Å². The second-order valence-electron chi connectivity index (χ2n) is 5.37. The normalized spacial score (nSPS) is 15.6. The minimum atomic E-state index is -0.129. The molecule has 1 aromatic rings. The fraction of sp³-hybridized carbons (Fsp3) is 0.533. The summed E-state index contributed by atoms with van der Waals surface area (Å²) in [6.07, 6.45) is 1.17. The second kappa shape index (κ2) is 6.61. The molecule has 0 aromatic heterocycles. The van der Waals surface area contributed by atoms with Crippen molar-refractivity contribution in [1.82, 2.24) is 0 Å². The molecule has 0 fully saturated rings. The number of fused-ring (bicyclic) bond motifs is 1. The van der Waals surface area contributed by atoms with Crippen LogP contribution in [0.25, 0.3) is 0 Å². The number of benzene rings is 1. The molecule has 5 nitrogen and oxygen atoms in total. The van der Waals surface area contributed by atoms with Gasteiger partial charge in [-0.25, -0.2) is 0 Å². The van der Waals surface area contributed by atoms with Crippen molar-refractivity contribution in [2.24, 2.45) is 11.7 Å². The van der Waals surface area contributed by atoms with Gasteiger partial charge in [-0.3, -0.25) is 4.79 Å². The number of rotatable bonds is 4. The third-order valence-corrected chi connectivity index (χ3v) is 3.31. The lowest BCUT2D eigenvalue weighted by Gasteiger charge is -2.15. The number of nitrogens with two attached hydrogens (primary N) is 1. The standard InChI is InChI=1S/C15H22N2O3/c1-10(2)12(16)9-15(18)17-11-4-5-13-14(8-11)20-7-3-6-19-13/h4-5,8,10,12H,3,6-7,9,16H2,1-2H3,(H,17,18). The highest BCUT2D eigenvalue weighted by molar-refractivity contribution is 5.91. The van der Waals surface area contributed by atoms with Crippen molar-refractivity contribution in [2.45, 2.75) is 32.7 Å². The number of carbonyl (C=O) groups excluding carboxylic acids is 1. The molecule has 0 saturated heterocycles. The first-order chi connectivity index (χ1) is 9.56. The van der Waals surface area contributed by atoms with Crippen LogP contribution in [-0.2, 0) is 4.79 Å². The first-order valence-electron chi connectivity index (χ1n) is 7.01. The van der Waals surface area contributed by atoms with Crippen LogP contribution in [0, 0.1) is 5.92 Å². The van der Waals surface area contributed by atoms with E-state index < -0.39 is 0 Å². The van der Waals surface area contributed by atoms with Crippen LogP contribution in [0.3, 0.4) is 0 Å². The zero-order valence-electron chi connectivity index (χ0n) is 12.0. The smallest absolute Gasteiger partial charge is 0.225 e. The van der Waals surface area contributed by atoms with E-state index in [9.17, 15) is 4.79 Å². The van der Waals surface area contributed by atoms with Crippen LogP contribution >= 0.6 is 0 Å². The molecule has 1 amide bonds. The molecule has 1 aliphatic rings. The van der Waals surface area contributed by atoms with Crippen molar-refractivity contribution in [3.63, 3.8) is 0 Å². The van der Waals surface area contributed by atoms with Gasteiger partial charge in [0.25, 0.3) is 0 Å². The number of carbonyl (C=O) groups is 1. The average molecular weight is 278 g/mol. The number of anilines is 1. The molecular weight excluding hydrogens is 256 g/mol. The third kappa shape index (κ3) is 3.87. The van der Waals surface area contributed by atoms with Crippen molar-refractivity contribution >= 4 is 11.6 Å². The van der Waals surface area contributed by atoms with E-state index in [1.165, 1.54) is 0 Å². The molecule has 110 valence electrons. The van der Waals surface area contributed by atoms with E-state index in [0.29, 0.717) is 31.1 Å². The Kier molecular flexibility index (Phi) is 4.84. The van der Waals surface area contributed by atoms with Crippen LogP contribution in [0.1, 0.15) is 26.7 Å². The number of hydrogen-bond donors (Lipinski definition) is 2. The van der Waals surface area contributed by atoms with Gasteiger partial charge in [-0.1, -0.05) is 13.8 Å². The van der Waals surface area contributed by atoms with Crippen LogP contribution in [-0.4, -0.2) is 25.2 Å². The van der Waals surface area contributed by atoms with Crippen LogP contribution in [0.5, 0.6) is 11.5 Å². The maximum Gasteiger partial charge on any atom is 0.225 e. The van der Waals surface area contributed by atoms with E-state index >= 15 is 0 Å². The lowest BCUT2D eigenvalue weighted by Crippen LogP contribution is -2.31. The molecule has 1 heterocycles. The monoisotopic (exact) mass is 278 g/mol. The molecule has 1 aromatic carbocycles. The van der Waals surface area contributed by atoms with E-state index in [0.717, 1.165) is 12.2 Å². The molecule has 3 N–H and O–H groups in total. The minimum Gasteiger partial charge on any atom is -0.490 e. The van der Waals surface area contributed by atoms with E-state index in [1.54, 1.807) is 6.07 Å². The molecule has 0 aliphatic carbocycles. The number of ether oxygens (including phenoxy) is 2. The molecular formula is C15H22N2O3. The minimum absolute atomic E-state index is 0.0827. The summed E-state index contributed by atoms with van der Waals surface area (Å²) in [6.45, 7) is 5.29. The van der Waals surface area contributed by atoms with Gasteiger partial charge >= 0.3 is 0 Å². The highest BCUT2D eigenvalue weighted by atomic mass is 16.5. The largest absolute Gasteiger partial charge is 0.490 e. The van der Waals surface area contributed by atoms with Crippen LogP contribution in [0.4, 0.5) is 5.69 Å². The Bertz CT molecular complexity index is 474.